The van der Waals surface area contributed by atoms with Gasteiger partial charge in [0.1, 0.15) is 5.60 Å². The van der Waals surface area contributed by atoms with E-state index in [1.807, 2.05) is 30.3 Å². The van der Waals surface area contributed by atoms with Gasteiger partial charge in [0, 0.05) is 18.0 Å². The number of ether oxygens (including phenoxy) is 1. The molecule has 0 bridgehead atoms. The van der Waals surface area contributed by atoms with Crippen LogP contribution >= 0.6 is 0 Å². The van der Waals surface area contributed by atoms with Gasteiger partial charge >= 0.3 is 6.09 Å². The number of aromatic nitrogens is 1. The van der Waals surface area contributed by atoms with Crippen molar-refractivity contribution in [2.24, 2.45) is 0 Å². The Labute approximate surface area is 129 Å². The van der Waals surface area contributed by atoms with Gasteiger partial charge in [0.15, 0.2) is 5.78 Å². The minimum atomic E-state index is -0.586. The smallest absolute Gasteiger partial charge is 0.408 e. The minimum Gasteiger partial charge on any atom is -0.444 e. The molecule has 5 nitrogen and oxygen atoms in total. The van der Waals surface area contributed by atoms with E-state index < -0.39 is 11.7 Å². The van der Waals surface area contributed by atoms with Crippen molar-refractivity contribution in [3.05, 3.63) is 42.1 Å². The van der Waals surface area contributed by atoms with Crippen molar-refractivity contribution in [2.75, 3.05) is 6.54 Å². The summed E-state index contributed by atoms with van der Waals surface area (Å²) in [5.74, 6) is -0.0945. The van der Waals surface area contributed by atoms with E-state index in [-0.39, 0.29) is 18.7 Å². The number of rotatable bonds is 4. The highest BCUT2D eigenvalue weighted by atomic mass is 16.6. The van der Waals surface area contributed by atoms with Crippen LogP contribution in [0.4, 0.5) is 4.79 Å². The molecule has 5 heteroatoms. The van der Waals surface area contributed by atoms with E-state index in [0.29, 0.717) is 0 Å². The highest BCUT2D eigenvalue weighted by Crippen LogP contribution is 2.13. The number of amides is 1. The number of hydrogen-bond donors (Lipinski definition) is 1. The standard InChI is InChI=1S/C17H20N2O3/c1-17(2,3)22-16(21)19-11-14(20)9-12-8-13-6-4-5-7-15(13)18-10-12/h4-8,10H,9,11H2,1-3H3,(H,19,21). The van der Waals surface area contributed by atoms with Gasteiger partial charge in [-0.25, -0.2) is 4.79 Å². The number of ketones is 1. The van der Waals surface area contributed by atoms with Crippen LogP contribution in [-0.2, 0) is 16.0 Å². The number of alkyl carbamates (subject to hydrolysis) is 1. The number of fused-ring (bicyclic) bond motifs is 1. The van der Waals surface area contributed by atoms with E-state index >= 15 is 0 Å². The molecular weight excluding hydrogens is 280 g/mol. The largest absolute Gasteiger partial charge is 0.444 e. The minimum absolute atomic E-state index is 0.0538. The van der Waals surface area contributed by atoms with Crippen molar-refractivity contribution in [3.63, 3.8) is 0 Å². The molecule has 0 atom stereocenters. The number of carbonyl (C=O) groups excluding carboxylic acids is 2. The molecule has 1 N–H and O–H groups in total. The van der Waals surface area contributed by atoms with Crippen molar-refractivity contribution in [1.29, 1.82) is 0 Å². The van der Waals surface area contributed by atoms with Crippen molar-refractivity contribution >= 4 is 22.8 Å². The number of benzene rings is 1. The third kappa shape index (κ3) is 4.84. The fourth-order valence-corrected chi connectivity index (χ4v) is 1.99. The predicted molar refractivity (Wildman–Crippen MR) is 84.7 cm³/mol. The molecule has 0 aliphatic rings. The molecule has 0 saturated carbocycles. The Kier molecular flexibility index (Phi) is 4.75. The number of hydrogen-bond acceptors (Lipinski definition) is 4. The molecule has 0 spiro atoms. The molecule has 22 heavy (non-hydrogen) atoms. The van der Waals surface area contributed by atoms with Crippen molar-refractivity contribution in [1.82, 2.24) is 10.3 Å². The van der Waals surface area contributed by atoms with E-state index in [4.69, 9.17) is 4.74 Å². The second-order valence-corrected chi connectivity index (χ2v) is 6.11. The maximum atomic E-state index is 11.9. The Morgan fingerprint density at radius 3 is 2.68 bits per heavy atom. The molecule has 0 unspecified atom stereocenters. The zero-order valence-corrected chi connectivity index (χ0v) is 13.1. The van der Waals surface area contributed by atoms with E-state index in [1.165, 1.54) is 0 Å². The molecule has 0 saturated heterocycles. The number of nitrogens with zero attached hydrogens (tertiary/aromatic N) is 1. The topological polar surface area (TPSA) is 68.3 Å². The average molecular weight is 300 g/mol. The SMILES string of the molecule is CC(C)(C)OC(=O)NCC(=O)Cc1cnc2ccccc2c1. The number of pyridine rings is 1. The molecule has 0 fully saturated rings. The van der Waals surface area contributed by atoms with Crippen LogP contribution in [0.15, 0.2) is 36.5 Å². The molecule has 1 amide bonds. The van der Waals surface area contributed by atoms with Gasteiger partial charge in [-0.15, -0.1) is 0 Å². The Hall–Kier alpha value is -2.43. The summed E-state index contributed by atoms with van der Waals surface area (Å²) < 4.78 is 5.08. The molecule has 116 valence electrons. The van der Waals surface area contributed by atoms with Gasteiger partial charge in [0.05, 0.1) is 12.1 Å². The van der Waals surface area contributed by atoms with Gasteiger partial charge in [0.2, 0.25) is 0 Å². The zero-order chi connectivity index (χ0) is 16.2. The van der Waals surface area contributed by atoms with Crippen LogP contribution in [0.5, 0.6) is 0 Å². The summed E-state index contributed by atoms with van der Waals surface area (Å²) >= 11 is 0. The third-order valence-electron chi connectivity index (χ3n) is 2.88. The lowest BCUT2D eigenvalue weighted by atomic mass is 10.1. The normalized spacial score (nSPS) is 11.2. The van der Waals surface area contributed by atoms with Crippen LogP contribution in [0.25, 0.3) is 10.9 Å². The van der Waals surface area contributed by atoms with Crippen LogP contribution in [0.2, 0.25) is 0 Å². The van der Waals surface area contributed by atoms with Crippen LogP contribution in [-0.4, -0.2) is 29.0 Å². The quantitative estimate of drug-likeness (QED) is 0.942. The van der Waals surface area contributed by atoms with Gasteiger partial charge in [-0.05, 0) is 38.5 Å². The molecule has 2 rings (SSSR count). The fourth-order valence-electron chi connectivity index (χ4n) is 1.99. The summed E-state index contributed by atoms with van der Waals surface area (Å²) in [6, 6.07) is 9.67. The summed E-state index contributed by atoms with van der Waals surface area (Å²) in [7, 11) is 0. The van der Waals surface area contributed by atoms with Crippen LogP contribution in [0.1, 0.15) is 26.3 Å². The lowest BCUT2D eigenvalue weighted by Gasteiger charge is -2.19. The Morgan fingerprint density at radius 2 is 1.95 bits per heavy atom. The van der Waals surface area contributed by atoms with E-state index in [9.17, 15) is 9.59 Å². The molecule has 0 aliphatic heterocycles. The number of Topliss-reactive ketones (excluding diaryl/α,β-unsaturated/α-hetero) is 1. The molecule has 2 aromatic rings. The molecule has 1 aromatic heterocycles. The van der Waals surface area contributed by atoms with Gasteiger partial charge in [-0.2, -0.15) is 0 Å². The van der Waals surface area contributed by atoms with Crippen LogP contribution < -0.4 is 5.32 Å². The second-order valence-electron chi connectivity index (χ2n) is 6.11. The van der Waals surface area contributed by atoms with E-state index in [1.54, 1.807) is 27.0 Å². The van der Waals surface area contributed by atoms with Crippen molar-refractivity contribution in [2.45, 2.75) is 32.8 Å². The first-order valence-electron chi connectivity index (χ1n) is 7.16. The summed E-state index contributed by atoms with van der Waals surface area (Å²) in [6.07, 6.45) is 1.33. The highest BCUT2D eigenvalue weighted by Gasteiger charge is 2.16. The van der Waals surface area contributed by atoms with E-state index in [0.717, 1.165) is 16.5 Å². The fraction of sp³-hybridized carbons (Fsp3) is 0.353. The van der Waals surface area contributed by atoms with Crippen LogP contribution in [0.3, 0.4) is 0 Å². The summed E-state index contributed by atoms with van der Waals surface area (Å²) in [5.41, 5.74) is 1.15. The van der Waals surface area contributed by atoms with Gasteiger partial charge in [-0.3, -0.25) is 9.78 Å². The van der Waals surface area contributed by atoms with Crippen LogP contribution in [0, 0.1) is 0 Å². The molecular formula is C17H20N2O3. The zero-order valence-electron chi connectivity index (χ0n) is 13.1. The number of carbonyl (C=O) groups is 2. The van der Waals surface area contributed by atoms with Gasteiger partial charge in [-0.1, -0.05) is 18.2 Å². The number of nitrogens with one attached hydrogen (secondary N) is 1. The number of para-hydroxylation sites is 1. The van der Waals surface area contributed by atoms with Crippen molar-refractivity contribution < 1.29 is 14.3 Å². The van der Waals surface area contributed by atoms with Gasteiger partial charge in [0.25, 0.3) is 0 Å². The molecule has 0 aliphatic carbocycles. The average Bonchev–Trinajstić information content (AvgIpc) is 2.43. The Bertz CT molecular complexity index is 690. The Morgan fingerprint density at radius 1 is 1.23 bits per heavy atom. The van der Waals surface area contributed by atoms with E-state index in [2.05, 4.69) is 10.3 Å². The molecule has 1 aromatic carbocycles. The monoisotopic (exact) mass is 300 g/mol. The first-order valence-corrected chi connectivity index (χ1v) is 7.16. The summed E-state index contributed by atoms with van der Waals surface area (Å²) in [4.78, 5) is 27.7. The molecule has 0 radical (unpaired) electrons. The molecule has 1 heterocycles. The van der Waals surface area contributed by atoms with Gasteiger partial charge < -0.3 is 10.1 Å². The second kappa shape index (κ2) is 6.56. The summed E-state index contributed by atoms with van der Waals surface area (Å²) in [5, 5.41) is 3.46. The van der Waals surface area contributed by atoms with Crippen molar-refractivity contribution in [3.8, 4) is 0 Å². The highest BCUT2D eigenvalue weighted by molar-refractivity contribution is 5.87. The maximum Gasteiger partial charge on any atom is 0.408 e. The lowest BCUT2D eigenvalue weighted by molar-refractivity contribution is -0.117. The predicted octanol–water partition coefficient (Wildman–Crippen LogP) is 2.87. The first-order chi connectivity index (χ1) is 10.3. The lowest BCUT2D eigenvalue weighted by Crippen LogP contribution is -2.35. The Balaban J connectivity index is 1.89. The third-order valence-corrected chi connectivity index (χ3v) is 2.88. The first kappa shape index (κ1) is 15.9. The maximum absolute atomic E-state index is 11.9. The summed E-state index contributed by atoms with van der Waals surface area (Å²) in [6.45, 7) is 5.27.